The first-order chi connectivity index (χ1) is 16.7. The summed E-state index contributed by atoms with van der Waals surface area (Å²) >= 11 is 0. The second-order valence-corrected chi connectivity index (χ2v) is 12.9. The van der Waals surface area contributed by atoms with Crippen molar-refractivity contribution in [2.45, 2.75) is 29.6 Å². The van der Waals surface area contributed by atoms with Gasteiger partial charge in [0.05, 0.1) is 34.2 Å². The minimum Gasteiger partial charge on any atom is -0.495 e. The molecule has 0 bridgehead atoms. The molecule has 9 nitrogen and oxygen atoms in total. The molecule has 2 fully saturated rings. The highest BCUT2D eigenvalue weighted by molar-refractivity contribution is 7.89. The van der Waals surface area contributed by atoms with Crippen molar-refractivity contribution in [3.8, 4) is 11.8 Å². The monoisotopic (exact) mass is 518 g/mol. The quantitative estimate of drug-likeness (QED) is 0.578. The van der Waals surface area contributed by atoms with Crippen molar-refractivity contribution < 1.29 is 21.6 Å². The zero-order valence-electron chi connectivity index (χ0n) is 19.9. The molecule has 35 heavy (non-hydrogen) atoms. The van der Waals surface area contributed by atoms with Gasteiger partial charge in [0.15, 0.2) is 0 Å². The summed E-state index contributed by atoms with van der Waals surface area (Å²) < 4.78 is 61.3. The Bertz CT molecular complexity index is 1330. The van der Waals surface area contributed by atoms with Gasteiger partial charge >= 0.3 is 0 Å². The van der Waals surface area contributed by atoms with Gasteiger partial charge in [0, 0.05) is 39.3 Å². The highest BCUT2D eigenvalue weighted by atomic mass is 32.2. The molecule has 0 radical (unpaired) electrons. The summed E-state index contributed by atoms with van der Waals surface area (Å²) in [5.74, 6) is 0.856. The van der Waals surface area contributed by atoms with Crippen molar-refractivity contribution in [3.63, 3.8) is 0 Å². The lowest BCUT2D eigenvalue weighted by atomic mass is 10.0. The maximum Gasteiger partial charge on any atom is 0.243 e. The van der Waals surface area contributed by atoms with Crippen LogP contribution in [0.15, 0.2) is 52.3 Å². The van der Waals surface area contributed by atoms with Gasteiger partial charge in [0.1, 0.15) is 5.75 Å². The number of sulfonamides is 2. The molecule has 0 amide bonds. The van der Waals surface area contributed by atoms with Crippen molar-refractivity contribution in [1.82, 2.24) is 8.61 Å². The van der Waals surface area contributed by atoms with Crippen LogP contribution in [0.1, 0.15) is 25.3 Å². The summed E-state index contributed by atoms with van der Waals surface area (Å²) in [4.78, 5) is 2.26. The van der Waals surface area contributed by atoms with Crippen molar-refractivity contribution in [2.24, 2.45) is 5.92 Å². The number of rotatable bonds is 6. The fourth-order valence-corrected chi connectivity index (χ4v) is 7.72. The SMILES string of the molecule is COc1ccc(S(=O)(=O)N2CCC[C@H](C)C2)cc1N1CCN(S(=O)(=O)c2cccc(C#N)c2)CC1. The Balaban J connectivity index is 1.55. The molecule has 2 aliphatic rings. The van der Waals surface area contributed by atoms with Crippen LogP contribution in [-0.2, 0) is 20.0 Å². The van der Waals surface area contributed by atoms with Gasteiger partial charge in [0.25, 0.3) is 0 Å². The molecule has 1 atom stereocenters. The van der Waals surface area contributed by atoms with Gasteiger partial charge in [-0.3, -0.25) is 0 Å². The first kappa shape index (κ1) is 25.4. The molecule has 0 spiro atoms. The third-order valence-corrected chi connectivity index (χ3v) is 10.3. The average molecular weight is 519 g/mol. The number of benzene rings is 2. The maximum atomic E-state index is 13.3. The molecule has 0 saturated carbocycles. The Morgan fingerprint density at radius 3 is 2.26 bits per heavy atom. The van der Waals surface area contributed by atoms with E-state index in [2.05, 4.69) is 6.92 Å². The highest BCUT2D eigenvalue weighted by Crippen LogP contribution is 2.34. The fourth-order valence-electron chi connectivity index (χ4n) is 4.64. The van der Waals surface area contributed by atoms with Crippen LogP contribution in [-0.4, -0.2) is 71.8 Å². The minimum absolute atomic E-state index is 0.0893. The van der Waals surface area contributed by atoms with Gasteiger partial charge in [-0.2, -0.15) is 13.9 Å². The predicted molar refractivity (Wildman–Crippen MR) is 132 cm³/mol. The van der Waals surface area contributed by atoms with E-state index in [1.807, 2.05) is 11.0 Å². The summed E-state index contributed by atoms with van der Waals surface area (Å²) in [5, 5.41) is 9.10. The first-order valence-electron chi connectivity index (χ1n) is 11.6. The normalized spacial score (nSPS) is 20.4. The zero-order valence-corrected chi connectivity index (χ0v) is 21.6. The molecule has 0 aliphatic carbocycles. The van der Waals surface area contributed by atoms with Gasteiger partial charge in [-0.25, -0.2) is 16.8 Å². The average Bonchev–Trinajstić information content (AvgIpc) is 2.88. The summed E-state index contributed by atoms with van der Waals surface area (Å²) in [6.45, 7) is 4.28. The van der Waals surface area contributed by atoms with E-state index in [0.717, 1.165) is 12.8 Å². The Morgan fingerprint density at radius 1 is 0.914 bits per heavy atom. The molecule has 188 valence electrons. The summed E-state index contributed by atoms with van der Waals surface area (Å²) in [5.41, 5.74) is 0.915. The molecule has 2 saturated heterocycles. The molecule has 2 heterocycles. The smallest absolute Gasteiger partial charge is 0.243 e. The van der Waals surface area contributed by atoms with E-state index in [0.29, 0.717) is 43.5 Å². The van der Waals surface area contributed by atoms with Crippen LogP contribution in [0.2, 0.25) is 0 Å². The van der Waals surface area contributed by atoms with Gasteiger partial charge in [0.2, 0.25) is 20.0 Å². The third kappa shape index (κ3) is 5.16. The Morgan fingerprint density at radius 2 is 1.60 bits per heavy atom. The molecule has 2 aromatic rings. The molecule has 2 aliphatic heterocycles. The maximum absolute atomic E-state index is 13.3. The van der Waals surface area contributed by atoms with Gasteiger partial charge < -0.3 is 9.64 Å². The molecule has 0 N–H and O–H groups in total. The molecule has 0 aromatic heterocycles. The number of anilines is 1. The summed E-state index contributed by atoms with van der Waals surface area (Å²) in [7, 11) is -5.85. The largest absolute Gasteiger partial charge is 0.495 e. The molecule has 2 aromatic carbocycles. The van der Waals surface area contributed by atoms with E-state index < -0.39 is 20.0 Å². The van der Waals surface area contributed by atoms with E-state index in [1.165, 1.54) is 23.5 Å². The second kappa shape index (κ2) is 10.1. The van der Waals surface area contributed by atoms with E-state index >= 15 is 0 Å². The number of nitrogens with zero attached hydrogens (tertiary/aromatic N) is 4. The Kier molecular flexibility index (Phi) is 7.38. The van der Waals surface area contributed by atoms with Gasteiger partial charge in [-0.1, -0.05) is 13.0 Å². The third-order valence-electron chi connectivity index (χ3n) is 6.59. The van der Waals surface area contributed by atoms with Gasteiger partial charge in [-0.15, -0.1) is 0 Å². The van der Waals surface area contributed by atoms with E-state index in [-0.39, 0.29) is 28.4 Å². The lowest BCUT2D eigenvalue weighted by molar-refractivity contribution is 0.281. The lowest BCUT2D eigenvalue weighted by Crippen LogP contribution is -2.48. The number of piperazine rings is 1. The number of piperidine rings is 1. The number of nitriles is 1. The molecule has 4 rings (SSSR count). The molecule has 11 heteroatoms. The topological polar surface area (TPSA) is 111 Å². The van der Waals surface area contributed by atoms with E-state index in [1.54, 1.807) is 34.6 Å². The minimum atomic E-state index is -3.75. The Hall–Kier alpha value is -2.65. The highest BCUT2D eigenvalue weighted by Gasteiger charge is 2.32. The zero-order chi connectivity index (χ0) is 25.2. The van der Waals surface area contributed by atoms with Crippen LogP contribution in [0.3, 0.4) is 0 Å². The summed E-state index contributed by atoms with van der Waals surface area (Å²) in [6.07, 6.45) is 1.87. The van der Waals surface area contributed by atoms with Crippen molar-refractivity contribution in [2.75, 3.05) is 51.3 Å². The fraction of sp³-hybridized carbons (Fsp3) is 0.458. The van der Waals surface area contributed by atoms with Crippen molar-refractivity contribution in [3.05, 3.63) is 48.0 Å². The van der Waals surface area contributed by atoms with Crippen molar-refractivity contribution in [1.29, 1.82) is 5.26 Å². The standard InChI is InChI=1S/C24H30N4O5S2/c1-19-5-4-10-28(18-19)35(31,32)22-8-9-24(33-2)23(16-22)26-11-13-27(14-12-26)34(29,30)21-7-3-6-20(15-21)17-25/h3,6-9,15-16,19H,4-5,10-14,18H2,1-2H3/t19-/m0/s1. The molecular weight excluding hydrogens is 488 g/mol. The van der Waals surface area contributed by atoms with Crippen LogP contribution >= 0.6 is 0 Å². The lowest BCUT2D eigenvalue weighted by Gasteiger charge is -2.36. The number of hydrogen-bond donors (Lipinski definition) is 0. The van der Waals surface area contributed by atoms with E-state index in [9.17, 15) is 16.8 Å². The Labute approximate surface area is 207 Å². The number of methoxy groups -OCH3 is 1. The van der Waals surface area contributed by atoms with Crippen LogP contribution in [0.25, 0.3) is 0 Å². The predicted octanol–water partition coefficient (Wildman–Crippen LogP) is 2.50. The van der Waals surface area contributed by atoms with E-state index in [4.69, 9.17) is 10.00 Å². The molecular formula is C24H30N4O5S2. The van der Waals surface area contributed by atoms with Gasteiger partial charge in [-0.05, 0) is 55.2 Å². The van der Waals surface area contributed by atoms with Crippen LogP contribution in [0.5, 0.6) is 5.75 Å². The summed E-state index contributed by atoms with van der Waals surface area (Å²) in [6, 6.07) is 12.8. The van der Waals surface area contributed by atoms with Crippen molar-refractivity contribution >= 4 is 25.7 Å². The van der Waals surface area contributed by atoms with Crippen LogP contribution in [0.4, 0.5) is 5.69 Å². The number of hydrogen-bond acceptors (Lipinski definition) is 7. The van der Waals surface area contributed by atoms with Crippen LogP contribution < -0.4 is 9.64 Å². The first-order valence-corrected chi connectivity index (χ1v) is 14.5. The molecule has 0 unspecified atom stereocenters. The van der Waals surface area contributed by atoms with Crippen LogP contribution in [0, 0.1) is 17.2 Å². The second-order valence-electron chi connectivity index (χ2n) is 8.97. The number of ether oxygens (including phenoxy) is 1.